The van der Waals surface area contributed by atoms with Gasteiger partial charge in [-0.3, -0.25) is 0 Å². The van der Waals surface area contributed by atoms with Crippen LogP contribution in [0.1, 0.15) is 0 Å². The number of rotatable bonds is 3. The number of nitrogens with zero attached hydrogens (tertiary/aromatic N) is 4. The van der Waals surface area contributed by atoms with Gasteiger partial charge in [0.2, 0.25) is 0 Å². The second kappa shape index (κ2) is 9.03. The topological polar surface area (TPSA) is 64.7 Å². The van der Waals surface area contributed by atoms with Crippen molar-refractivity contribution in [2.75, 3.05) is 0 Å². The Labute approximate surface area is 243 Å². The Balaban J connectivity index is 1.36. The van der Waals surface area contributed by atoms with Crippen LogP contribution in [-0.2, 0) is 0 Å². The zero-order chi connectivity index (χ0) is 27.6. The molecule has 5 nitrogen and oxygen atoms in total. The summed E-state index contributed by atoms with van der Waals surface area (Å²) in [6, 6.07) is 41.1. The van der Waals surface area contributed by atoms with Gasteiger partial charge in [-0.05, 0) is 30.3 Å². The van der Waals surface area contributed by atoms with E-state index in [0.29, 0.717) is 17.5 Å². The number of para-hydroxylation sites is 1. The van der Waals surface area contributed by atoms with Crippen LogP contribution < -0.4 is 0 Å². The Hall–Kier alpha value is -5.46. The fourth-order valence-corrected chi connectivity index (χ4v) is 6.94. The number of thiophene rings is 1. The number of fused-ring (bicyclic) bond motifs is 7. The van der Waals surface area contributed by atoms with Crippen molar-refractivity contribution in [2.45, 2.75) is 0 Å². The van der Waals surface area contributed by atoms with E-state index in [-0.39, 0.29) is 0 Å². The van der Waals surface area contributed by atoms with E-state index in [1.807, 2.05) is 66.7 Å². The molecule has 0 aliphatic heterocycles. The summed E-state index contributed by atoms with van der Waals surface area (Å²) in [4.78, 5) is 20.3. The summed E-state index contributed by atoms with van der Waals surface area (Å²) in [7, 11) is 0. The normalized spacial score (nSPS) is 11.8. The Morgan fingerprint density at radius 3 is 2.07 bits per heavy atom. The van der Waals surface area contributed by atoms with Gasteiger partial charge >= 0.3 is 0 Å². The quantitative estimate of drug-likeness (QED) is 0.217. The van der Waals surface area contributed by atoms with Crippen LogP contribution in [0.3, 0.4) is 0 Å². The molecule has 42 heavy (non-hydrogen) atoms. The maximum atomic E-state index is 6.32. The summed E-state index contributed by atoms with van der Waals surface area (Å²) in [5.41, 5.74) is 5.98. The molecule has 0 amide bonds. The van der Waals surface area contributed by atoms with E-state index in [1.165, 1.54) is 14.8 Å². The van der Waals surface area contributed by atoms with Crippen molar-refractivity contribution in [3.63, 3.8) is 0 Å². The van der Waals surface area contributed by atoms with E-state index < -0.39 is 0 Å². The minimum absolute atomic E-state index is 0.582. The third-order valence-electron chi connectivity index (χ3n) is 7.72. The smallest absolute Gasteiger partial charge is 0.164 e. The van der Waals surface area contributed by atoms with Crippen molar-refractivity contribution in [3.05, 3.63) is 121 Å². The first-order chi connectivity index (χ1) is 20.8. The summed E-state index contributed by atoms with van der Waals surface area (Å²) in [6.45, 7) is 0. The predicted octanol–water partition coefficient (Wildman–Crippen LogP) is 9.69. The SMILES string of the molecule is c1ccc(-c2nc(-c3cccc4sc5ccccc5c34)nc(-c3cccc4oc5cc6ccccc6nc5c34)n2)cc1. The van der Waals surface area contributed by atoms with E-state index in [4.69, 9.17) is 24.4 Å². The molecule has 196 valence electrons. The van der Waals surface area contributed by atoms with Crippen molar-refractivity contribution < 1.29 is 4.42 Å². The van der Waals surface area contributed by atoms with E-state index in [1.54, 1.807) is 11.3 Å². The molecule has 0 radical (unpaired) electrons. The first-order valence-corrected chi connectivity index (χ1v) is 14.6. The average Bonchev–Trinajstić information content (AvgIpc) is 3.61. The summed E-state index contributed by atoms with van der Waals surface area (Å²) >= 11 is 1.79. The van der Waals surface area contributed by atoms with Crippen LogP contribution in [0.4, 0.5) is 0 Å². The van der Waals surface area contributed by atoms with Gasteiger partial charge in [0, 0.05) is 42.2 Å². The lowest BCUT2D eigenvalue weighted by atomic mass is 10.0. The molecule has 0 saturated heterocycles. The van der Waals surface area contributed by atoms with Crippen LogP contribution in [0, 0.1) is 0 Å². The first-order valence-electron chi connectivity index (χ1n) is 13.7. The van der Waals surface area contributed by atoms with Crippen LogP contribution in [0.2, 0.25) is 0 Å². The minimum Gasteiger partial charge on any atom is -0.454 e. The summed E-state index contributed by atoms with van der Waals surface area (Å²) in [6.07, 6.45) is 0. The number of pyridine rings is 1. The number of furan rings is 1. The van der Waals surface area contributed by atoms with Gasteiger partial charge in [0.05, 0.1) is 10.9 Å². The lowest BCUT2D eigenvalue weighted by Crippen LogP contribution is -2.00. The Kier molecular flexibility index (Phi) is 5.00. The zero-order valence-electron chi connectivity index (χ0n) is 22.2. The highest BCUT2D eigenvalue weighted by Crippen LogP contribution is 2.41. The first kappa shape index (κ1) is 23.3. The van der Waals surface area contributed by atoms with Gasteiger partial charge in [-0.1, -0.05) is 91.0 Å². The molecule has 0 N–H and O–H groups in total. The third kappa shape index (κ3) is 3.56. The van der Waals surface area contributed by atoms with E-state index in [2.05, 4.69) is 54.6 Å². The molecule has 0 unspecified atom stereocenters. The Morgan fingerprint density at radius 1 is 0.500 bits per heavy atom. The minimum atomic E-state index is 0.582. The standard InChI is InChI=1S/C36H20N4OS/c1-2-10-21(11-3-1)34-38-35(24-15-9-19-30-31(24)23-13-5-7-18-29(23)42-30)40-36(39-34)25-14-8-17-27-32(25)33-28(41-27)20-22-12-4-6-16-26(22)37-33/h1-20H. The van der Waals surface area contributed by atoms with Gasteiger partial charge in [-0.25, -0.2) is 19.9 Å². The fourth-order valence-electron chi connectivity index (χ4n) is 5.81. The number of hydrogen-bond acceptors (Lipinski definition) is 6. The monoisotopic (exact) mass is 556 g/mol. The maximum Gasteiger partial charge on any atom is 0.164 e. The van der Waals surface area contributed by atoms with Crippen molar-refractivity contribution in [2.24, 2.45) is 0 Å². The molecule has 0 saturated carbocycles. The molecule has 0 spiro atoms. The summed E-state index contributed by atoms with van der Waals surface area (Å²) in [5.74, 6) is 1.84. The fraction of sp³-hybridized carbons (Fsp3) is 0. The van der Waals surface area contributed by atoms with Crippen molar-refractivity contribution in [1.82, 2.24) is 19.9 Å². The van der Waals surface area contributed by atoms with E-state index >= 15 is 0 Å². The molecule has 4 heterocycles. The highest BCUT2D eigenvalue weighted by molar-refractivity contribution is 7.25. The van der Waals surface area contributed by atoms with E-state index in [9.17, 15) is 0 Å². The van der Waals surface area contributed by atoms with Crippen LogP contribution in [0.25, 0.3) is 87.3 Å². The van der Waals surface area contributed by atoms with Gasteiger partial charge in [0.1, 0.15) is 11.1 Å². The third-order valence-corrected chi connectivity index (χ3v) is 8.86. The maximum absolute atomic E-state index is 6.32. The number of hydrogen-bond donors (Lipinski definition) is 0. The van der Waals surface area contributed by atoms with Crippen molar-refractivity contribution >= 4 is 64.5 Å². The largest absolute Gasteiger partial charge is 0.454 e. The van der Waals surface area contributed by atoms with Gasteiger partial charge in [-0.15, -0.1) is 11.3 Å². The highest BCUT2D eigenvalue weighted by atomic mass is 32.1. The molecule has 9 aromatic rings. The van der Waals surface area contributed by atoms with Crippen LogP contribution in [-0.4, -0.2) is 19.9 Å². The van der Waals surface area contributed by atoms with Crippen molar-refractivity contribution in [1.29, 1.82) is 0 Å². The lowest BCUT2D eigenvalue weighted by molar-refractivity contribution is 0.669. The zero-order valence-corrected chi connectivity index (χ0v) is 23.0. The van der Waals surface area contributed by atoms with Crippen LogP contribution in [0.15, 0.2) is 126 Å². The number of aromatic nitrogens is 4. The molecule has 0 aliphatic carbocycles. The van der Waals surface area contributed by atoms with Crippen LogP contribution >= 0.6 is 11.3 Å². The molecular formula is C36H20N4OS. The van der Waals surface area contributed by atoms with Crippen LogP contribution in [0.5, 0.6) is 0 Å². The van der Waals surface area contributed by atoms with Gasteiger partial charge in [0.25, 0.3) is 0 Å². The Bertz CT molecular complexity index is 2480. The van der Waals surface area contributed by atoms with Gasteiger partial charge in [0.15, 0.2) is 23.1 Å². The van der Waals surface area contributed by atoms with E-state index in [0.717, 1.165) is 55.0 Å². The Morgan fingerprint density at radius 2 is 1.19 bits per heavy atom. The summed E-state index contributed by atoms with van der Waals surface area (Å²) in [5, 5.41) is 4.30. The second-order valence-electron chi connectivity index (χ2n) is 10.3. The molecule has 5 aromatic carbocycles. The molecule has 0 atom stereocenters. The molecule has 6 heteroatoms. The molecule has 0 aliphatic rings. The highest BCUT2D eigenvalue weighted by Gasteiger charge is 2.20. The van der Waals surface area contributed by atoms with Crippen molar-refractivity contribution in [3.8, 4) is 34.2 Å². The number of benzene rings is 5. The predicted molar refractivity (Wildman–Crippen MR) is 172 cm³/mol. The lowest BCUT2D eigenvalue weighted by Gasteiger charge is -2.10. The molecule has 9 rings (SSSR count). The van der Waals surface area contributed by atoms with Gasteiger partial charge < -0.3 is 4.42 Å². The molecule has 0 bridgehead atoms. The summed E-state index contributed by atoms with van der Waals surface area (Å²) < 4.78 is 8.76. The van der Waals surface area contributed by atoms with Gasteiger partial charge in [-0.2, -0.15) is 0 Å². The average molecular weight is 557 g/mol. The second-order valence-corrected chi connectivity index (χ2v) is 11.3. The molecular weight excluding hydrogens is 536 g/mol. The molecule has 4 aromatic heterocycles. The molecule has 0 fully saturated rings.